The van der Waals surface area contributed by atoms with Crippen molar-refractivity contribution >= 4 is 27.0 Å². The Morgan fingerprint density at radius 2 is 1.88 bits per heavy atom. The fraction of sp³-hybridized carbons (Fsp3) is 0. The van der Waals surface area contributed by atoms with Crippen molar-refractivity contribution in [3.63, 3.8) is 0 Å². The zero-order valence-corrected chi connectivity index (χ0v) is 9.92. The topological polar surface area (TPSA) is 30.7 Å². The number of halogens is 1. The normalized spacial score (nSPS) is 10.8. The SMILES string of the molecule is Brc1ccc(-n2cnc3ccccc32)cn1. The van der Waals surface area contributed by atoms with Crippen LogP contribution in [0.2, 0.25) is 0 Å². The molecule has 0 aliphatic carbocycles. The maximum atomic E-state index is 4.34. The van der Waals surface area contributed by atoms with E-state index in [1.165, 1.54) is 0 Å². The summed E-state index contributed by atoms with van der Waals surface area (Å²) in [5.41, 5.74) is 3.09. The maximum absolute atomic E-state index is 4.34. The predicted molar refractivity (Wildman–Crippen MR) is 66.6 cm³/mol. The average molecular weight is 274 g/mol. The van der Waals surface area contributed by atoms with Gasteiger partial charge in [0.15, 0.2) is 0 Å². The molecule has 0 N–H and O–H groups in total. The van der Waals surface area contributed by atoms with Crippen molar-refractivity contribution in [2.45, 2.75) is 0 Å². The molecule has 16 heavy (non-hydrogen) atoms. The molecule has 0 saturated carbocycles. The van der Waals surface area contributed by atoms with Crippen LogP contribution in [0.25, 0.3) is 16.7 Å². The minimum Gasteiger partial charge on any atom is -0.297 e. The van der Waals surface area contributed by atoms with E-state index in [9.17, 15) is 0 Å². The number of nitrogens with zero attached hydrogens (tertiary/aromatic N) is 3. The molecule has 0 saturated heterocycles. The van der Waals surface area contributed by atoms with Gasteiger partial charge in [-0.3, -0.25) is 4.57 Å². The maximum Gasteiger partial charge on any atom is 0.106 e. The van der Waals surface area contributed by atoms with Crippen LogP contribution in [0.1, 0.15) is 0 Å². The van der Waals surface area contributed by atoms with Gasteiger partial charge in [-0.2, -0.15) is 0 Å². The molecular weight excluding hydrogens is 266 g/mol. The van der Waals surface area contributed by atoms with Crippen LogP contribution in [-0.2, 0) is 0 Å². The fourth-order valence-corrected chi connectivity index (χ4v) is 1.91. The van der Waals surface area contributed by atoms with E-state index in [0.717, 1.165) is 21.3 Å². The minimum atomic E-state index is 0.834. The highest BCUT2D eigenvalue weighted by Crippen LogP contribution is 2.18. The molecule has 0 radical (unpaired) electrons. The monoisotopic (exact) mass is 273 g/mol. The Hall–Kier alpha value is -1.68. The molecule has 0 amide bonds. The lowest BCUT2D eigenvalue weighted by atomic mass is 10.3. The van der Waals surface area contributed by atoms with E-state index in [1.807, 2.05) is 53.5 Å². The van der Waals surface area contributed by atoms with Crippen LogP contribution < -0.4 is 0 Å². The van der Waals surface area contributed by atoms with E-state index >= 15 is 0 Å². The molecule has 0 spiro atoms. The third kappa shape index (κ3) is 1.51. The Kier molecular flexibility index (Phi) is 2.22. The first-order valence-corrected chi connectivity index (χ1v) is 5.68. The molecule has 0 bridgehead atoms. The third-order valence-corrected chi connectivity index (χ3v) is 2.91. The quantitative estimate of drug-likeness (QED) is 0.638. The highest BCUT2D eigenvalue weighted by Gasteiger charge is 2.03. The molecule has 1 aromatic carbocycles. The number of rotatable bonds is 1. The van der Waals surface area contributed by atoms with Gasteiger partial charge >= 0.3 is 0 Å². The third-order valence-electron chi connectivity index (χ3n) is 2.44. The van der Waals surface area contributed by atoms with Gasteiger partial charge in [0.05, 0.1) is 22.9 Å². The Labute approximate surface area is 101 Å². The van der Waals surface area contributed by atoms with E-state index in [1.54, 1.807) is 0 Å². The molecule has 0 aliphatic rings. The van der Waals surface area contributed by atoms with Crippen LogP contribution >= 0.6 is 15.9 Å². The molecule has 2 aromatic heterocycles. The Bertz CT molecular complexity index is 628. The number of pyridine rings is 1. The molecule has 3 aromatic rings. The van der Waals surface area contributed by atoms with Crippen molar-refractivity contribution in [1.82, 2.24) is 14.5 Å². The van der Waals surface area contributed by atoms with Crippen molar-refractivity contribution in [3.05, 3.63) is 53.5 Å². The second kappa shape index (κ2) is 3.72. The standard InChI is InChI=1S/C12H8BrN3/c13-12-6-5-9(7-14-12)16-8-15-10-3-1-2-4-11(10)16/h1-8H. The molecule has 3 rings (SSSR count). The number of para-hydroxylation sites is 2. The van der Waals surface area contributed by atoms with Crippen LogP contribution in [0.5, 0.6) is 0 Å². The van der Waals surface area contributed by atoms with E-state index < -0.39 is 0 Å². The van der Waals surface area contributed by atoms with Crippen LogP contribution in [0.4, 0.5) is 0 Å². The van der Waals surface area contributed by atoms with Crippen molar-refractivity contribution in [3.8, 4) is 5.69 Å². The Morgan fingerprint density at radius 3 is 2.69 bits per heavy atom. The Balaban J connectivity index is 2.22. The van der Waals surface area contributed by atoms with E-state index in [4.69, 9.17) is 0 Å². The van der Waals surface area contributed by atoms with Crippen LogP contribution in [-0.4, -0.2) is 14.5 Å². The highest BCUT2D eigenvalue weighted by molar-refractivity contribution is 9.10. The summed E-state index contributed by atoms with van der Waals surface area (Å²) in [6, 6.07) is 12.0. The molecule has 4 heteroatoms. The average Bonchev–Trinajstić information content (AvgIpc) is 2.74. The zero-order chi connectivity index (χ0) is 11.0. The summed E-state index contributed by atoms with van der Waals surface area (Å²) < 4.78 is 2.86. The van der Waals surface area contributed by atoms with Crippen molar-refractivity contribution in [1.29, 1.82) is 0 Å². The van der Waals surface area contributed by atoms with E-state index in [0.29, 0.717) is 0 Å². The first-order chi connectivity index (χ1) is 7.84. The first-order valence-electron chi connectivity index (χ1n) is 4.88. The summed E-state index contributed by atoms with van der Waals surface area (Å²) in [7, 11) is 0. The Morgan fingerprint density at radius 1 is 1.00 bits per heavy atom. The number of aromatic nitrogens is 3. The van der Waals surface area contributed by atoms with Crippen LogP contribution in [0.15, 0.2) is 53.5 Å². The molecule has 0 aliphatic heterocycles. The van der Waals surface area contributed by atoms with Gasteiger partial charge in [0, 0.05) is 0 Å². The summed E-state index contributed by atoms with van der Waals surface area (Å²) in [4.78, 5) is 8.55. The number of imidazole rings is 1. The van der Waals surface area contributed by atoms with Gasteiger partial charge < -0.3 is 0 Å². The van der Waals surface area contributed by atoms with Crippen LogP contribution in [0.3, 0.4) is 0 Å². The lowest BCUT2D eigenvalue weighted by Crippen LogP contribution is -1.92. The number of fused-ring (bicyclic) bond motifs is 1. The number of benzene rings is 1. The summed E-state index contributed by atoms with van der Waals surface area (Å²) >= 11 is 3.32. The van der Waals surface area contributed by atoms with Crippen molar-refractivity contribution < 1.29 is 0 Å². The van der Waals surface area contributed by atoms with Crippen LogP contribution in [0, 0.1) is 0 Å². The highest BCUT2D eigenvalue weighted by atomic mass is 79.9. The number of hydrogen-bond acceptors (Lipinski definition) is 2. The summed E-state index contributed by atoms with van der Waals surface area (Å²) in [5.74, 6) is 0. The number of hydrogen-bond donors (Lipinski definition) is 0. The molecule has 0 atom stereocenters. The molecule has 78 valence electrons. The second-order valence-corrected chi connectivity index (χ2v) is 4.25. The minimum absolute atomic E-state index is 0.834. The lowest BCUT2D eigenvalue weighted by Gasteiger charge is -2.02. The van der Waals surface area contributed by atoms with Gasteiger partial charge in [-0.25, -0.2) is 9.97 Å². The molecule has 0 unspecified atom stereocenters. The van der Waals surface area contributed by atoms with Crippen molar-refractivity contribution in [2.24, 2.45) is 0 Å². The van der Waals surface area contributed by atoms with E-state index in [2.05, 4.69) is 25.9 Å². The summed E-state index contributed by atoms with van der Waals surface area (Å²) in [5, 5.41) is 0. The lowest BCUT2D eigenvalue weighted by molar-refractivity contribution is 1.06. The first kappa shape index (κ1) is 9.54. The molecule has 2 heterocycles. The van der Waals surface area contributed by atoms with Gasteiger partial charge in [-0.1, -0.05) is 12.1 Å². The van der Waals surface area contributed by atoms with Gasteiger partial charge in [-0.15, -0.1) is 0 Å². The van der Waals surface area contributed by atoms with Gasteiger partial charge in [0.25, 0.3) is 0 Å². The largest absolute Gasteiger partial charge is 0.297 e. The molecule has 3 nitrogen and oxygen atoms in total. The smallest absolute Gasteiger partial charge is 0.106 e. The van der Waals surface area contributed by atoms with Gasteiger partial charge in [-0.05, 0) is 40.2 Å². The van der Waals surface area contributed by atoms with E-state index in [-0.39, 0.29) is 0 Å². The zero-order valence-electron chi connectivity index (χ0n) is 8.34. The predicted octanol–water partition coefficient (Wildman–Crippen LogP) is 3.18. The fourth-order valence-electron chi connectivity index (χ4n) is 1.68. The van der Waals surface area contributed by atoms with Crippen molar-refractivity contribution in [2.75, 3.05) is 0 Å². The van der Waals surface area contributed by atoms with Gasteiger partial charge in [0.1, 0.15) is 10.9 Å². The summed E-state index contributed by atoms with van der Waals surface area (Å²) in [6.45, 7) is 0. The second-order valence-electron chi connectivity index (χ2n) is 3.44. The molecular formula is C12H8BrN3. The summed E-state index contributed by atoms with van der Waals surface area (Å²) in [6.07, 6.45) is 3.63. The van der Waals surface area contributed by atoms with Gasteiger partial charge in [0.2, 0.25) is 0 Å². The molecule has 0 fully saturated rings.